The molecule has 2 aromatic carbocycles. The fraction of sp³-hybridized carbons (Fsp3) is 0.333. The van der Waals surface area contributed by atoms with Gasteiger partial charge in [0.1, 0.15) is 0 Å². The fourth-order valence-corrected chi connectivity index (χ4v) is 3.06. The minimum Gasteiger partial charge on any atom is -0.335 e. The predicted octanol–water partition coefficient (Wildman–Crippen LogP) is 3.16. The lowest BCUT2D eigenvalue weighted by atomic mass is 10.1. The number of amides is 2. The number of rotatable bonds is 3. The van der Waals surface area contributed by atoms with E-state index in [9.17, 15) is 9.59 Å². The molecule has 25 heavy (non-hydrogen) atoms. The van der Waals surface area contributed by atoms with Crippen molar-refractivity contribution in [1.29, 1.82) is 0 Å². The Hall–Kier alpha value is -2.62. The van der Waals surface area contributed by atoms with E-state index in [0.717, 1.165) is 17.5 Å². The van der Waals surface area contributed by atoms with Gasteiger partial charge in [-0.3, -0.25) is 9.59 Å². The van der Waals surface area contributed by atoms with Crippen LogP contribution >= 0.6 is 0 Å². The Morgan fingerprint density at radius 2 is 1.16 bits per heavy atom. The van der Waals surface area contributed by atoms with Crippen LogP contribution in [-0.4, -0.2) is 47.8 Å². The normalized spacial score (nSPS) is 14.5. The van der Waals surface area contributed by atoms with E-state index in [1.165, 1.54) is 5.56 Å². The molecule has 0 aliphatic carbocycles. The van der Waals surface area contributed by atoms with Crippen molar-refractivity contribution in [2.45, 2.75) is 20.3 Å². The van der Waals surface area contributed by atoms with Crippen LogP contribution in [0.3, 0.4) is 0 Å². The fourth-order valence-electron chi connectivity index (χ4n) is 3.06. The molecule has 1 aliphatic heterocycles. The van der Waals surface area contributed by atoms with Crippen molar-refractivity contribution in [2.24, 2.45) is 0 Å². The highest BCUT2D eigenvalue weighted by Gasteiger charge is 2.25. The first-order valence-corrected chi connectivity index (χ1v) is 8.82. The summed E-state index contributed by atoms with van der Waals surface area (Å²) in [5.74, 6) is 0.0875. The van der Waals surface area contributed by atoms with Gasteiger partial charge in [-0.1, -0.05) is 36.8 Å². The van der Waals surface area contributed by atoms with Crippen LogP contribution in [0.25, 0.3) is 0 Å². The van der Waals surface area contributed by atoms with Crippen molar-refractivity contribution in [3.05, 3.63) is 70.8 Å². The summed E-state index contributed by atoms with van der Waals surface area (Å²) in [6.45, 7) is 6.40. The van der Waals surface area contributed by atoms with Crippen molar-refractivity contribution in [2.75, 3.05) is 26.2 Å². The highest BCUT2D eigenvalue weighted by molar-refractivity contribution is 5.96. The van der Waals surface area contributed by atoms with Gasteiger partial charge in [0.05, 0.1) is 0 Å². The second-order valence-electron chi connectivity index (χ2n) is 6.50. The molecule has 2 amide bonds. The van der Waals surface area contributed by atoms with Gasteiger partial charge in [-0.25, -0.2) is 0 Å². The third-order valence-electron chi connectivity index (χ3n) is 4.76. The highest BCUT2D eigenvalue weighted by Crippen LogP contribution is 2.13. The third kappa shape index (κ3) is 3.90. The summed E-state index contributed by atoms with van der Waals surface area (Å²) in [4.78, 5) is 28.8. The van der Waals surface area contributed by atoms with E-state index >= 15 is 0 Å². The molecule has 1 heterocycles. The van der Waals surface area contributed by atoms with Crippen molar-refractivity contribution < 1.29 is 9.59 Å². The molecular formula is C21H24N2O2. The Bertz CT molecular complexity index is 742. The molecule has 4 heteroatoms. The number of nitrogens with zero attached hydrogens (tertiary/aromatic N) is 2. The first-order chi connectivity index (χ1) is 12.1. The molecule has 1 aliphatic rings. The van der Waals surface area contributed by atoms with Crippen molar-refractivity contribution in [1.82, 2.24) is 9.80 Å². The molecule has 0 atom stereocenters. The van der Waals surface area contributed by atoms with Crippen LogP contribution in [0.5, 0.6) is 0 Å². The molecule has 3 rings (SSSR count). The van der Waals surface area contributed by atoms with Crippen LogP contribution in [0.1, 0.15) is 38.8 Å². The van der Waals surface area contributed by atoms with Crippen LogP contribution in [0.2, 0.25) is 0 Å². The van der Waals surface area contributed by atoms with Gasteiger partial charge in [-0.15, -0.1) is 0 Å². The van der Waals surface area contributed by atoms with Gasteiger partial charge in [-0.05, 0) is 43.2 Å². The topological polar surface area (TPSA) is 40.6 Å². The summed E-state index contributed by atoms with van der Waals surface area (Å²) in [6, 6.07) is 15.4. The number of aryl methyl sites for hydroxylation is 2. The van der Waals surface area contributed by atoms with E-state index in [-0.39, 0.29) is 11.8 Å². The van der Waals surface area contributed by atoms with Gasteiger partial charge in [0.15, 0.2) is 0 Å². The largest absolute Gasteiger partial charge is 0.335 e. The quantitative estimate of drug-likeness (QED) is 0.864. The van der Waals surface area contributed by atoms with Gasteiger partial charge >= 0.3 is 0 Å². The Kier molecular flexibility index (Phi) is 5.17. The summed E-state index contributed by atoms with van der Waals surface area (Å²) >= 11 is 0. The maximum absolute atomic E-state index is 12.6. The molecule has 0 aromatic heterocycles. The lowest BCUT2D eigenvalue weighted by Gasteiger charge is -2.35. The van der Waals surface area contributed by atoms with Crippen molar-refractivity contribution >= 4 is 11.8 Å². The van der Waals surface area contributed by atoms with Crippen LogP contribution in [-0.2, 0) is 6.42 Å². The van der Waals surface area contributed by atoms with E-state index in [1.54, 1.807) is 0 Å². The van der Waals surface area contributed by atoms with Crippen molar-refractivity contribution in [3.8, 4) is 0 Å². The summed E-state index contributed by atoms with van der Waals surface area (Å²) in [7, 11) is 0. The minimum absolute atomic E-state index is 0.0411. The SMILES string of the molecule is CCc1ccc(C(=O)N2CCN(C(=O)c3ccc(C)cc3)CC2)cc1. The zero-order chi connectivity index (χ0) is 17.8. The third-order valence-corrected chi connectivity index (χ3v) is 4.76. The second-order valence-corrected chi connectivity index (χ2v) is 6.50. The Balaban J connectivity index is 1.60. The number of hydrogen-bond donors (Lipinski definition) is 0. The Labute approximate surface area is 149 Å². The highest BCUT2D eigenvalue weighted by atomic mass is 16.2. The number of benzene rings is 2. The zero-order valence-electron chi connectivity index (χ0n) is 14.9. The molecule has 0 bridgehead atoms. The number of piperazine rings is 1. The zero-order valence-corrected chi connectivity index (χ0v) is 14.9. The lowest BCUT2D eigenvalue weighted by molar-refractivity contribution is 0.0535. The number of carbonyl (C=O) groups is 2. The average Bonchev–Trinajstić information content (AvgIpc) is 2.67. The number of hydrogen-bond acceptors (Lipinski definition) is 2. The van der Waals surface area contributed by atoms with Gasteiger partial charge in [-0.2, -0.15) is 0 Å². The summed E-state index contributed by atoms with van der Waals surface area (Å²) in [5, 5.41) is 0. The van der Waals surface area contributed by atoms with Gasteiger partial charge in [0, 0.05) is 37.3 Å². The van der Waals surface area contributed by atoms with E-state index < -0.39 is 0 Å². The van der Waals surface area contributed by atoms with Crippen LogP contribution in [0, 0.1) is 6.92 Å². The minimum atomic E-state index is 0.0411. The van der Waals surface area contributed by atoms with E-state index in [1.807, 2.05) is 65.3 Å². The molecule has 0 saturated carbocycles. The molecule has 1 fully saturated rings. The molecule has 1 saturated heterocycles. The average molecular weight is 336 g/mol. The first kappa shape index (κ1) is 17.2. The molecular weight excluding hydrogens is 312 g/mol. The van der Waals surface area contributed by atoms with Crippen LogP contribution in [0.4, 0.5) is 0 Å². The maximum Gasteiger partial charge on any atom is 0.253 e. The first-order valence-electron chi connectivity index (χ1n) is 8.82. The predicted molar refractivity (Wildman–Crippen MR) is 98.8 cm³/mol. The van der Waals surface area contributed by atoms with E-state index in [2.05, 4.69) is 6.92 Å². The molecule has 4 nitrogen and oxygen atoms in total. The smallest absolute Gasteiger partial charge is 0.253 e. The van der Waals surface area contributed by atoms with Gasteiger partial charge in [0.25, 0.3) is 11.8 Å². The van der Waals surface area contributed by atoms with Crippen LogP contribution in [0.15, 0.2) is 48.5 Å². The van der Waals surface area contributed by atoms with Gasteiger partial charge < -0.3 is 9.80 Å². The molecule has 130 valence electrons. The van der Waals surface area contributed by atoms with E-state index in [0.29, 0.717) is 31.7 Å². The molecule has 2 aromatic rings. The summed E-state index contributed by atoms with van der Waals surface area (Å²) in [5.41, 5.74) is 3.79. The number of carbonyl (C=O) groups excluding carboxylic acids is 2. The lowest BCUT2D eigenvalue weighted by Crippen LogP contribution is -2.50. The summed E-state index contributed by atoms with van der Waals surface area (Å²) in [6.07, 6.45) is 0.967. The standard InChI is InChI=1S/C21H24N2O2/c1-3-17-6-10-19(11-7-17)21(25)23-14-12-22(13-15-23)20(24)18-8-4-16(2)5-9-18/h4-11H,3,12-15H2,1-2H3. The Morgan fingerprint density at radius 1 is 0.760 bits per heavy atom. The van der Waals surface area contributed by atoms with Gasteiger partial charge in [0.2, 0.25) is 0 Å². The molecule has 0 radical (unpaired) electrons. The monoisotopic (exact) mass is 336 g/mol. The summed E-state index contributed by atoms with van der Waals surface area (Å²) < 4.78 is 0. The molecule has 0 unspecified atom stereocenters. The Morgan fingerprint density at radius 3 is 1.56 bits per heavy atom. The second kappa shape index (κ2) is 7.51. The van der Waals surface area contributed by atoms with Crippen molar-refractivity contribution in [3.63, 3.8) is 0 Å². The van der Waals surface area contributed by atoms with E-state index in [4.69, 9.17) is 0 Å². The molecule has 0 spiro atoms. The van der Waals surface area contributed by atoms with Crippen LogP contribution < -0.4 is 0 Å². The molecule has 0 N–H and O–H groups in total. The maximum atomic E-state index is 12.6.